The van der Waals surface area contributed by atoms with Gasteiger partial charge in [0.1, 0.15) is 5.75 Å². The van der Waals surface area contributed by atoms with Crippen LogP contribution in [0.3, 0.4) is 0 Å². The number of anilines is 1. The average molecular weight is 438 g/mol. The summed E-state index contributed by atoms with van der Waals surface area (Å²) in [5, 5.41) is 2.48. The van der Waals surface area contributed by atoms with Crippen LogP contribution in [0.25, 0.3) is 0 Å². The molecule has 7 nitrogen and oxygen atoms in total. The topological polar surface area (TPSA) is 84.9 Å². The van der Waals surface area contributed by atoms with Crippen molar-refractivity contribution in [2.24, 2.45) is 0 Å². The minimum Gasteiger partial charge on any atom is -0.452 e. The number of benzene rings is 2. The van der Waals surface area contributed by atoms with E-state index < -0.39 is 25.1 Å². The molecular formula is C20H20F2N2O5S. The molecule has 0 aliphatic carbocycles. The Labute approximate surface area is 176 Å². The summed E-state index contributed by atoms with van der Waals surface area (Å²) in [6.45, 7) is -3.48. The lowest BCUT2D eigenvalue weighted by atomic mass is 10.2. The Hall–Kier alpha value is -3.14. The van der Waals surface area contributed by atoms with Crippen LogP contribution in [0.4, 0.5) is 14.5 Å². The molecule has 0 bridgehead atoms. The number of hydrogen-bond donors (Lipinski definition) is 1. The maximum absolute atomic E-state index is 12.3. The molecule has 2 aromatic rings. The van der Waals surface area contributed by atoms with Gasteiger partial charge >= 0.3 is 12.6 Å². The van der Waals surface area contributed by atoms with Crippen molar-refractivity contribution in [1.29, 1.82) is 0 Å². The average Bonchev–Trinajstić information content (AvgIpc) is 2.71. The fourth-order valence-electron chi connectivity index (χ4n) is 2.16. The Bertz CT molecular complexity index is 891. The smallest absolute Gasteiger partial charge is 0.387 e. The minimum absolute atomic E-state index is 0.0451. The van der Waals surface area contributed by atoms with Gasteiger partial charge < -0.3 is 19.7 Å². The molecule has 2 amide bonds. The van der Waals surface area contributed by atoms with Crippen LogP contribution in [0.2, 0.25) is 0 Å². The first-order valence-electron chi connectivity index (χ1n) is 8.70. The summed E-state index contributed by atoms with van der Waals surface area (Å²) in [6, 6.07) is 11.9. The van der Waals surface area contributed by atoms with E-state index in [0.29, 0.717) is 10.6 Å². The van der Waals surface area contributed by atoms with Gasteiger partial charge in [-0.05, 0) is 36.4 Å². The Morgan fingerprint density at radius 1 is 1.07 bits per heavy atom. The third-order valence-corrected chi connectivity index (χ3v) is 4.71. The summed E-state index contributed by atoms with van der Waals surface area (Å²) in [5.41, 5.74) is 0.575. The Morgan fingerprint density at radius 3 is 2.37 bits per heavy atom. The number of nitrogens with one attached hydrogen (secondary N) is 1. The van der Waals surface area contributed by atoms with Crippen LogP contribution in [0, 0.1) is 0 Å². The molecule has 0 aliphatic rings. The molecule has 0 aliphatic heterocycles. The van der Waals surface area contributed by atoms with E-state index in [2.05, 4.69) is 10.1 Å². The molecule has 10 heteroatoms. The molecule has 0 aromatic heterocycles. The fourth-order valence-corrected chi connectivity index (χ4v) is 3.17. The number of carbonyl (C=O) groups excluding carboxylic acids is 3. The van der Waals surface area contributed by atoms with Crippen molar-refractivity contribution in [3.63, 3.8) is 0 Å². The van der Waals surface area contributed by atoms with E-state index in [4.69, 9.17) is 4.74 Å². The van der Waals surface area contributed by atoms with Crippen LogP contribution in [0.5, 0.6) is 5.75 Å². The lowest BCUT2D eigenvalue weighted by Gasteiger charge is -2.12. The largest absolute Gasteiger partial charge is 0.452 e. The highest BCUT2D eigenvalue weighted by Crippen LogP contribution is 2.23. The molecule has 0 unspecified atom stereocenters. The van der Waals surface area contributed by atoms with Crippen LogP contribution in [0.1, 0.15) is 10.4 Å². The quantitative estimate of drug-likeness (QED) is 0.478. The van der Waals surface area contributed by atoms with Crippen LogP contribution < -0.4 is 10.1 Å². The second-order valence-electron chi connectivity index (χ2n) is 6.10. The molecule has 0 spiro atoms. The van der Waals surface area contributed by atoms with Gasteiger partial charge in [0.2, 0.25) is 5.91 Å². The van der Waals surface area contributed by atoms with Gasteiger partial charge in [0, 0.05) is 24.7 Å². The molecule has 0 saturated heterocycles. The fraction of sp³-hybridized carbons (Fsp3) is 0.250. The molecule has 0 heterocycles. The van der Waals surface area contributed by atoms with E-state index in [1.165, 1.54) is 40.9 Å². The molecule has 0 radical (unpaired) electrons. The van der Waals surface area contributed by atoms with Gasteiger partial charge in [-0.2, -0.15) is 8.78 Å². The number of ether oxygens (including phenoxy) is 2. The van der Waals surface area contributed by atoms with Gasteiger partial charge in [-0.3, -0.25) is 9.59 Å². The van der Waals surface area contributed by atoms with Crippen LogP contribution in [-0.4, -0.2) is 55.8 Å². The summed E-state index contributed by atoms with van der Waals surface area (Å²) < 4.78 is 33.5. The molecule has 2 aromatic carbocycles. The number of esters is 1. The van der Waals surface area contributed by atoms with Gasteiger partial charge in [0.05, 0.1) is 11.3 Å². The maximum Gasteiger partial charge on any atom is 0.387 e. The van der Waals surface area contributed by atoms with E-state index in [9.17, 15) is 23.2 Å². The minimum atomic E-state index is -2.94. The molecule has 2 rings (SSSR count). The number of rotatable bonds is 9. The summed E-state index contributed by atoms with van der Waals surface area (Å²) >= 11 is 1.20. The first-order valence-corrected chi connectivity index (χ1v) is 9.68. The van der Waals surface area contributed by atoms with Crippen molar-refractivity contribution in [2.75, 3.05) is 31.8 Å². The van der Waals surface area contributed by atoms with Gasteiger partial charge in [-0.1, -0.05) is 12.1 Å². The number of carbonyl (C=O) groups is 3. The van der Waals surface area contributed by atoms with E-state index in [-0.39, 0.29) is 23.0 Å². The molecule has 0 fully saturated rings. The van der Waals surface area contributed by atoms with Gasteiger partial charge in [0.15, 0.2) is 6.61 Å². The molecule has 160 valence electrons. The standard InChI is InChI=1S/C20H20F2N2O5S/c1-24(2)18(26)12-30-16-6-4-3-5-15(16)19(27)28-11-17(25)23-13-7-9-14(10-8-13)29-20(21)22/h3-10,20H,11-12H2,1-2H3,(H,23,25). The summed E-state index contributed by atoms with van der Waals surface area (Å²) in [4.78, 5) is 38.1. The van der Waals surface area contributed by atoms with Gasteiger partial charge in [0.25, 0.3) is 5.91 Å². The molecule has 30 heavy (non-hydrogen) atoms. The summed E-state index contributed by atoms with van der Waals surface area (Å²) in [6.07, 6.45) is 0. The molecule has 0 atom stereocenters. The lowest BCUT2D eigenvalue weighted by Crippen LogP contribution is -2.23. The predicted octanol–water partition coefficient (Wildman–Crippen LogP) is 3.26. The first kappa shape index (κ1) is 23.1. The molecule has 1 N–H and O–H groups in total. The number of thioether (sulfide) groups is 1. The normalized spacial score (nSPS) is 10.4. The van der Waals surface area contributed by atoms with E-state index in [0.717, 1.165) is 0 Å². The van der Waals surface area contributed by atoms with Crippen molar-refractivity contribution >= 4 is 35.2 Å². The number of nitrogens with zero attached hydrogens (tertiary/aromatic N) is 1. The monoisotopic (exact) mass is 438 g/mol. The van der Waals surface area contributed by atoms with E-state index in [1.54, 1.807) is 38.4 Å². The first-order chi connectivity index (χ1) is 14.3. The zero-order chi connectivity index (χ0) is 22.1. The van der Waals surface area contributed by atoms with Crippen molar-refractivity contribution in [3.8, 4) is 5.75 Å². The predicted molar refractivity (Wildman–Crippen MR) is 108 cm³/mol. The zero-order valence-electron chi connectivity index (χ0n) is 16.3. The Kier molecular flexibility index (Phi) is 8.60. The third kappa shape index (κ3) is 7.36. The van der Waals surface area contributed by atoms with Crippen molar-refractivity contribution in [3.05, 3.63) is 54.1 Å². The second-order valence-corrected chi connectivity index (χ2v) is 7.12. The van der Waals surface area contributed by atoms with Crippen LogP contribution in [0.15, 0.2) is 53.4 Å². The zero-order valence-corrected chi connectivity index (χ0v) is 17.1. The second kappa shape index (κ2) is 11.1. The van der Waals surface area contributed by atoms with Crippen molar-refractivity contribution < 1.29 is 32.6 Å². The van der Waals surface area contributed by atoms with Crippen LogP contribution >= 0.6 is 11.8 Å². The number of alkyl halides is 2. The van der Waals surface area contributed by atoms with E-state index >= 15 is 0 Å². The summed E-state index contributed by atoms with van der Waals surface area (Å²) in [7, 11) is 3.28. The number of amides is 2. The van der Waals surface area contributed by atoms with Crippen molar-refractivity contribution in [1.82, 2.24) is 4.90 Å². The van der Waals surface area contributed by atoms with Gasteiger partial charge in [-0.15, -0.1) is 11.8 Å². The lowest BCUT2D eigenvalue weighted by molar-refractivity contribution is -0.125. The SMILES string of the molecule is CN(C)C(=O)CSc1ccccc1C(=O)OCC(=O)Nc1ccc(OC(F)F)cc1. The molecular weight excluding hydrogens is 418 g/mol. The molecule has 0 saturated carbocycles. The van der Waals surface area contributed by atoms with E-state index in [1.807, 2.05) is 0 Å². The number of hydrogen-bond acceptors (Lipinski definition) is 6. The van der Waals surface area contributed by atoms with Crippen LogP contribution in [-0.2, 0) is 14.3 Å². The van der Waals surface area contributed by atoms with Gasteiger partial charge in [-0.25, -0.2) is 4.79 Å². The highest BCUT2D eigenvalue weighted by atomic mass is 32.2. The van der Waals surface area contributed by atoms with Crippen molar-refractivity contribution in [2.45, 2.75) is 11.5 Å². The highest BCUT2D eigenvalue weighted by Gasteiger charge is 2.16. The number of halogens is 2. The maximum atomic E-state index is 12.3. The Morgan fingerprint density at radius 2 is 1.73 bits per heavy atom. The third-order valence-electron chi connectivity index (χ3n) is 3.65. The highest BCUT2D eigenvalue weighted by molar-refractivity contribution is 8.00. The Balaban J connectivity index is 1.89. The summed E-state index contributed by atoms with van der Waals surface area (Å²) in [5.74, 6) is -1.29.